The summed E-state index contributed by atoms with van der Waals surface area (Å²) in [7, 11) is 0. The Labute approximate surface area is 105 Å². The third-order valence-corrected chi connectivity index (χ3v) is 3.97. The van der Waals surface area contributed by atoms with Crippen LogP contribution in [0.3, 0.4) is 0 Å². The molecular formula is C12H17N3OS. The van der Waals surface area contributed by atoms with Gasteiger partial charge >= 0.3 is 0 Å². The van der Waals surface area contributed by atoms with Gasteiger partial charge in [0.2, 0.25) is 0 Å². The van der Waals surface area contributed by atoms with Gasteiger partial charge in [-0.2, -0.15) is 0 Å². The highest BCUT2D eigenvalue weighted by molar-refractivity contribution is 7.15. The zero-order valence-corrected chi connectivity index (χ0v) is 10.6. The minimum absolute atomic E-state index is 0.757. The predicted molar refractivity (Wildman–Crippen MR) is 68.3 cm³/mol. The summed E-state index contributed by atoms with van der Waals surface area (Å²) in [4.78, 5) is 5.61. The quantitative estimate of drug-likeness (QED) is 0.825. The van der Waals surface area contributed by atoms with Crippen LogP contribution in [0.2, 0.25) is 0 Å². The average molecular weight is 251 g/mol. The first-order valence-corrected chi connectivity index (χ1v) is 6.99. The Morgan fingerprint density at radius 2 is 2.59 bits per heavy atom. The molecular weight excluding hydrogens is 234 g/mol. The molecule has 1 aliphatic rings. The SMILES string of the molecule is c1cn2cc(CNCCC3CCOC3)nc2s1. The minimum atomic E-state index is 0.757. The molecule has 1 unspecified atom stereocenters. The van der Waals surface area contributed by atoms with Crippen molar-refractivity contribution in [3.8, 4) is 0 Å². The minimum Gasteiger partial charge on any atom is -0.381 e. The molecule has 3 rings (SSSR count). The molecule has 4 nitrogen and oxygen atoms in total. The maximum atomic E-state index is 5.36. The van der Waals surface area contributed by atoms with Crippen LogP contribution in [0.1, 0.15) is 18.5 Å². The van der Waals surface area contributed by atoms with Crippen molar-refractivity contribution in [2.45, 2.75) is 19.4 Å². The van der Waals surface area contributed by atoms with Crippen molar-refractivity contribution in [3.63, 3.8) is 0 Å². The van der Waals surface area contributed by atoms with Crippen molar-refractivity contribution in [1.82, 2.24) is 14.7 Å². The van der Waals surface area contributed by atoms with Gasteiger partial charge in [-0.3, -0.25) is 4.40 Å². The molecule has 1 N–H and O–H groups in total. The van der Waals surface area contributed by atoms with Gasteiger partial charge in [-0.05, 0) is 25.3 Å². The molecule has 2 aromatic heterocycles. The van der Waals surface area contributed by atoms with Crippen LogP contribution in [-0.2, 0) is 11.3 Å². The van der Waals surface area contributed by atoms with Crippen LogP contribution >= 0.6 is 11.3 Å². The number of nitrogens with zero attached hydrogens (tertiary/aromatic N) is 2. The van der Waals surface area contributed by atoms with Gasteiger partial charge < -0.3 is 10.1 Å². The lowest BCUT2D eigenvalue weighted by molar-refractivity contribution is 0.184. The van der Waals surface area contributed by atoms with Crippen LogP contribution in [0, 0.1) is 5.92 Å². The van der Waals surface area contributed by atoms with Crippen molar-refractivity contribution < 1.29 is 4.74 Å². The highest BCUT2D eigenvalue weighted by atomic mass is 32.1. The maximum absolute atomic E-state index is 5.36. The second-order valence-corrected chi connectivity index (χ2v) is 5.39. The molecule has 3 heterocycles. The number of hydrogen-bond acceptors (Lipinski definition) is 4. The fourth-order valence-corrected chi connectivity index (χ4v) is 2.91. The molecule has 92 valence electrons. The Balaban J connectivity index is 1.43. The number of nitrogens with one attached hydrogen (secondary N) is 1. The van der Waals surface area contributed by atoms with Gasteiger partial charge in [0.05, 0.1) is 5.69 Å². The van der Waals surface area contributed by atoms with Crippen LogP contribution < -0.4 is 5.32 Å². The molecule has 0 saturated carbocycles. The normalized spacial score (nSPS) is 20.4. The van der Waals surface area contributed by atoms with Crippen molar-refractivity contribution >= 4 is 16.3 Å². The number of ether oxygens (including phenoxy) is 1. The second-order valence-electron chi connectivity index (χ2n) is 4.52. The summed E-state index contributed by atoms with van der Waals surface area (Å²) in [5.74, 6) is 0.757. The average Bonchev–Trinajstić information content (AvgIpc) is 3.00. The summed E-state index contributed by atoms with van der Waals surface area (Å²) in [6.45, 7) is 3.81. The van der Waals surface area contributed by atoms with Gasteiger partial charge in [-0.15, -0.1) is 11.3 Å². The lowest BCUT2D eigenvalue weighted by atomic mass is 10.1. The van der Waals surface area contributed by atoms with Crippen molar-refractivity contribution in [3.05, 3.63) is 23.5 Å². The Morgan fingerprint density at radius 3 is 3.41 bits per heavy atom. The van der Waals surface area contributed by atoms with Gasteiger partial charge in [0, 0.05) is 37.5 Å². The Kier molecular flexibility index (Phi) is 3.40. The van der Waals surface area contributed by atoms with E-state index in [0.717, 1.165) is 42.9 Å². The Bertz CT molecular complexity index is 444. The van der Waals surface area contributed by atoms with E-state index in [1.165, 1.54) is 12.8 Å². The van der Waals surface area contributed by atoms with E-state index in [4.69, 9.17) is 4.74 Å². The first-order chi connectivity index (χ1) is 8.42. The molecule has 0 amide bonds. The zero-order chi connectivity index (χ0) is 11.5. The molecule has 1 aliphatic heterocycles. The third-order valence-electron chi connectivity index (χ3n) is 3.20. The topological polar surface area (TPSA) is 38.6 Å². The van der Waals surface area contributed by atoms with E-state index in [9.17, 15) is 0 Å². The fourth-order valence-electron chi connectivity index (χ4n) is 2.19. The number of imidazole rings is 1. The second kappa shape index (κ2) is 5.16. The number of aromatic nitrogens is 2. The lowest BCUT2D eigenvalue weighted by Crippen LogP contribution is -2.18. The summed E-state index contributed by atoms with van der Waals surface area (Å²) in [5, 5.41) is 5.51. The molecule has 5 heteroatoms. The number of fused-ring (bicyclic) bond motifs is 1. The maximum Gasteiger partial charge on any atom is 0.193 e. The molecule has 0 bridgehead atoms. The summed E-state index contributed by atoms with van der Waals surface area (Å²) < 4.78 is 7.44. The molecule has 2 aromatic rings. The predicted octanol–water partition coefficient (Wildman–Crippen LogP) is 1.91. The highest BCUT2D eigenvalue weighted by Crippen LogP contribution is 2.15. The van der Waals surface area contributed by atoms with E-state index in [1.54, 1.807) is 11.3 Å². The van der Waals surface area contributed by atoms with Gasteiger partial charge in [-0.25, -0.2) is 4.98 Å². The third kappa shape index (κ3) is 2.68. The molecule has 0 aliphatic carbocycles. The monoisotopic (exact) mass is 251 g/mol. The molecule has 0 spiro atoms. The number of hydrogen-bond donors (Lipinski definition) is 1. The molecule has 1 saturated heterocycles. The summed E-state index contributed by atoms with van der Waals surface area (Å²) in [5.41, 5.74) is 1.12. The van der Waals surface area contributed by atoms with E-state index in [0.29, 0.717) is 0 Å². The van der Waals surface area contributed by atoms with Gasteiger partial charge in [0.15, 0.2) is 4.96 Å². The highest BCUT2D eigenvalue weighted by Gasteiger charge is 2.14. The molecule has 17 heavy (non-hydrogen) atoms. The first kappa shape index (κ1) is 11.2. The summed E-state index contributed by atoms with van der Waals surface area (Å²) >= 11 is 1.68. The van der Waals surface area contributed by atoms with E-state index in [-0.39, 0.29) is 0 Å². The lowest BCUT2D eigenvalue weighted by Gasteiger charge is -2.07. The largest absolute Gasteiger partial charge is 0.381 e. The van der Waals surface area contributed by atoms with E-state index in [2.05, 4.69) is 26.3 Å². The Hall–Kier alpha value is -0.910. The molecule has 0 aromatic carbocycles. The fraction of sp³-hybridized carbons (Fsp3) is 0.583. The van der Waals surface area contributed by atoms with E-state index in [1.807, 2.05) is 6.20 Å². The standard InChI is InChI=1S/C12H17N3OS/c1(10-2-5-16-9-10)3-13-7-11-8-15-4-6-17-12(15)14-11/h4,6,8,10,13H,1-3,5,7,9H2. The van der Waals surface area contributed by atoms with Crippen molar-refractivity contribution in [2.75, 3.05) is 19.8 Å². The summed E-state index contributed by atoms with van der Waals surface area (Å²) in [6, 6.07) is 0. The molecule has 1 fully saturated rings. The van der Waals surface area contributed by atoms with Crippen LogP contribution in [0.25, 0.3) is 4.96 Å². The van der Waals surface area contributed by atoms with Crippen LogP contribution in [0.4, 0.5) is 0 Å². The van der Waals surface area contributed by atoms with E-state index < -0.39 is 0 Å². The van der Waals surface area contributed by atoms with Crippen LogP contribution in [-0.4, -0.2) is 29.1 Å². The van der Waals surface area contributed by atoms with Crippen LogP contribution in [0.5, 0.6) is 0 Å². The van der Waals surface area contributed by atoms with Gasteiger partial charge in [0.25, 0.3) is 0 Å². The van der Waals surface area contributed by atoms with Gasteiger partial charge in [-0.1, -0.05) is 0 Å². The van der Waals surface area contributed by atoms with E-state index >= 15 is 0 Å². The van der Waals surface area contributed by atoms with Crippen molar-refractivity contribution in [2.24, 2.45) is 5.92 Å². The Morgan fingerprint density at radius 1 is 1.59 bits per heavy atom. The smallest absolute Gasteiger partial charge is 0.193 e. The number of rotatable bonds is 5. The van der Waals surface area contributed by atoms with Gasteiger partial charge in [0.1, 0.15) is 0 Å². The molecule has 1 atom stereocenters. The van der Waals surface area contributed by atoms with Crippen LogP contribution in [0.15, 0.2) is 17.8 Å². The first-order valence-electron chi connectivity index (χ1n) is 6.11. The zero-order valence-electron chi connectivity index (χ0n) is 9.76. The van der Waals surface area contributed by atoms with Crippen molar-refractivity contribution in [1.29, 1.82) is 0 Å². The number of thiazole rings is 1. The summed E-state index contributed by atoms with van der Waals surface area (Å²) in [6.07, 6.45) is 6.58. The molecule has 0 radical (unpaired) electrons.